The first-order valence-electron chi connectivity index (χ1n) is 4.04. The van der Waals surface area contributed by atoms with E-state index in [0.717, 1.165) is 0 Å². The van der Waals surface area contributed by atoms with Crippen LogP contribution in [0.3, 0.4) is 0 Å². The number of nitrogens with one attached hydrogen (secondary N) is 1. The van der Waals surface area contributed by atoms with E-state index in [-0.39, 0.29) is 18.0 Å². The van der Waals surface area contributed by atoms with Crippen molar-refractivity contribution in [2.75, 3.05) is 24.2 Å². The van der Waals surface area contributed by atoms with E-state index in [2.05, 4.69) is 5.32 Å². The van der Waals surface area contributed by atoms with Crippen molar-refractivity contribution >= 4 is 17.1 Å². The van der Waals surface area contributed by atoms with E-state index in [1.165, 1.54) is 12.1 Å². The second kappa shape index (κ2) is 4.43. The van der Waals surface area contributed by atoms with Crippen molar-refractivity contribution in [3.05, 3.63) is 28.3 Å². The van der Waals surface area contributed by atoms with E-state index < -0.39 is 4.92 Å². The van der Waals surface area contributed by atoms with Gasteiger partial charge in [-0.25, -0.2) is 0 Å². The molecular formula is C8H11N3O3. The van der Waals surface area contributed by atoms with Crippen LogP contribution < -0.4 is 11.1 Å². The first-order chi connectivity index (χ1) is 6.66. The van der Waals surface area contributed by atoms with E-state index in [0.29, 0.717) is 12.2 Å². The van der Waals surface area contributed by atoms with Crippen molar-refractivity contribution in [1.82, 2.24) is 0 Å². The van der Waals surface area contributed by atoms with Gasteiger partial charge >= 0.3 is 0 Å². The molecule has 0 unspecified atom stereocenters. The number of rotatable bonds is 4. The van der Waals surface area contributed by atoms with Gasteiger partial charge in [-0.3, -0.25) is 10.1 Å². The first-order valence-corrected chi connectivity index (χ1v) is 4.04. The van der Waals surface area contributed by atoms with Crippen LogP contribution in [0.2, 0.25) is 0 Å². The van der Waals surface area contributed by atoms with Crippen LogP contribution in [-0.2, 0) is 0 Å². The molecule has 0 aliphatic rings. The predicted octanol–water partition coefficient (Wildman–Crippen LogP) is 0.581. The molecule has 76 valence electrons. The van der Waals surface area contributed by atoms with Gasteiger partial charge in [-0.05, 0) is 6.07 Å². The molecular weight excluding hydrogens is 186 g/mol. The number of para-hydroxylation sites is 1. The normalized spacial score (nSPS) is 9.79. The van der Waals surface area contributed by atoms with Crippen LogP contribution in [0.1, 0.15) is 0 Å². The summed E-state index contributed by atoms with van der Waals surface area (Å²) in [6.45, 7) is 0.257. The van der Waals surface area contributed by atoms with Crippen LogP contribution in [0.5, 0.6) is 0 Å². The third-order valence-electron chi connectivity index (χ3n) is 1.71. The molecule has 14 heavy (non-hydrogen) atoms. The summed E-state index contributed by atoms with van der Waals surface area (Å²) in [5.41, 5.74) is 5.96. The smallest absolute Gasteiger partial charge is 0.294 e. The summed E-state index contributed by atoms with van der Waals surface area (Å²) < 4.78 is 0. The van der Waals surface area contributed by atoms with Gasteiger partial charge in [-0.1, -0.05) is 6.07 Å². The van der Waals surface area contributed by atoms with Gasteiger partial charge in [0.25, 0.3) is 5.69 Å². The summed E-state index contributed by atoms with van der Waals surface area (Å²) >= 11 is 0. The second-order valence-electron chi connectivity index (χ2n) is 2.65. The summed E-state index contributed by atoms with van der Waals surface area (Å²) in [6.07, 6.45) is 0. The Kier molecular flexibility index (Phi) is 3.24. The van der Waals surface area contributed by atoms with Crippen molar-refractivity contribution in [3.63, 3.8) is 0 Å². The summed E-state index contributed by atoms with van der Waals surface area (Å²) in [5, 5.41) is 21.8. The maximum Gasteiger partial charge on any atom is 0.294 e. The molecule has 6 heteroatoms. The van der Waals surface area contributed by atoms with Crippen LogP contribution >= 0.6 is 0 Å². The number of nitrogen functional groups attached to an aromatic ring is 1. The summed E-state index contributed by atoms with van der Waals surface area (Å²) in [7, 11) is 0. The van der Waals surface area contributed by atoms with Gasteiger partial charge in [0.05, 0.1) is 17.2 Å². The predicted molar refractivity (Wildman–Crippen MR) is 53.1 cm³/mol. The summed E-state index contributed by atoms with van der Waals surface area (Å²) in [5.74, 6) is 0. The lowest BCUT2D eigenvalue weighted by Crippen LogP contribution is -2.08. The van der Waals surface area contributed by atoms with Crippen LogP contribution in [0.4, 0.5) is 17.1 Å². The first kappa shape index (κ1) is 10.3. The standard InChI is InChI=1S/C8H11N3O3/c9-8-6(10-4-5-12)2-1-3-7(8)11(13)14/h1-3,10,12H,4-5,9H2. The van der Waals surface area contributed by atoms with Crippen LogP contribution in [-0.4, -0.2) is 23.2 Å². The van der Waals surface area contributed by atoms with Gasteiger partial charge in [0.2, 0.25) is 0 Å². The van der Waals surface area contributed by atoms with Crippen molar-refractivity contribution in [3.8, 4) is 0 Å². The Labute approximate surface area is 80.5 Å². The average molecular weight is 197 g/mol. The molecule has 0 saturated carbocycles. The molecule has 0 atom stereocenters. The Bertz CT molecular complexity index is 341. The third-order valence-corrected chi connectivity index (χ3v) is 1.71. The number of hydrogen-bond donors (Lipinski definition) is 3. The number of aliphatic hydroxyl groups excluding tert-OH is 1. The van der Waals surface area contributed by atoms with Crippen molar-refractivity contribution < 1.29 is 10.0 Å². The fraction of sp³-hybridized carbons (Fsp3) is 0.250. The minimum absolute atomic E-state index is 0.0534. The fourth-order valence-corrected chi connectivity index (χ4v) is 1.06. The van der Waals surface area contributed by atoms with E-state index in [9.17, 15) is 10.1 Å². The Hall–Kier alpha value is -1.82. The number of nitro benzene ring substituents is 1. The van der Waals surface area contributed by atoms with Gasteiger partial charge in [-0.2, -0.15) is 0 Å². The third kappa shape index (κ3) is 2.11. The lowest BCUT2D eigenvalue weighted by atomic mass is 10.2. The number of hydrogen-bond acceptors (Lipinski definition) is 5. The van der Waals surface area contributed by atoms with Gasteiger partial charge in [0.1, 0.15) is 5.69 Å². The van der Waals surface area contributed by atoms with Gasteiger partial charge in [-0.15, -0.1) is 0 Å². The number of nitrogens with zero attached hydrogens (tertiary/aromatic N) is 1. The number of anilines is 2. The Morgan fingerprint density at radius 3 is 2.86 bits per heavy atom. The van der Waals surface area contributed by atoms with E-state index in [1.54, 1.807) is 6.07 Å². The van der Waals surface area contributed by atoms with Gasteiger partial charge in [0, 0.05) is 12.6 Å². The molecule has 0 aliphatic heterocycles. The largest absolute Gasteiger partial charge is 0.395 e. The van der Waals surface area contributed by atoms with Crippen LogP contribution in [0.15, 0.2) is 18.2 Å². The zero-order chi connectivity index (χ0) is 10.6. The Morgan fingerprint density at radius 2 is 2.29 bits per heavy atom. The van der Waals surface area contributed by atoms with Gasteiger partial charge in [0.15, 0.2) is 0 Å². The van der Waals surface area contributed by atoms with Crippen molar-refractivity contribution in [2.45, 2.75) is 0 Å². The zero-order valence-corrected chi connectivity index (χ0v) is 7.43. The van der Waals surface area contributed by atoms with Gasteiger partial charge < -0.3 is 16.2 Å². The SMILES string of the molecule is Nc1c(NCCO)cccc1[N+](=O)[O-]. The number of aliphatic hydroxyl groups is 1. The maximum atomic E-state index is 10.5. The molecule has 6 nitrogen and oxygen atoms in total. The molecule has 0 fully saturated rings. The van der Waals surface area contributed by atoms with Crippen molar-refractivity contribution in [1.29, 1.82) is 0 Å². The molecule has 0 saturated heterocycles. The topological polar surface area (TPSA) is 101 Å². The van der Waals surface area contributed by atoms with E-state index in [1.807, 2.05) is 0 Å². The Balaban J connectivity index is 2.95. The summed E-state index contributed by atoms with van der Waals surface area (Å²) in [6, 6.07) is 4.49. The van der Waals surface area contributed by atoms with E-state index in [4.69, 9.17) is 10.8 Å². The highest BCUT2D eigenvalue weighted by atomic mass is 16.6. The monoisotopic (exact) mass is 197 g/mol. The number of nitro groups is 1. The quantitative estimate of drug-likeness (QED) is 0.372. The Morgan fingerprint density at radius 1 is 1.57 bits per heavy atom. The maximum absolute atomic E-state index is 10.5. The van der Waals surface area contributed by atoms with Crippen LogP contribution in [0, 0.1) is 10.1 Å². The second-order valence-corrected chi connectivity index (χ2v) is 2.65. The molecule has 1 aromatic carbocycles. The molecule has 0 bridgehead atoms. The highest BCUT2D eigenvalue weighted by Gasteiger charge is 2.13. The lowest BCUT2D eigenvalue weighted by Gasteiger charge is -2.07. The summed E-state index contributed by atoms with van der Waals surface area (Å²) in [4.78, 5) is 9.95. The minimum atomic E-state index is -0.542. The average Bonchev–Trinajstić information content (AvgIpc) is 2.16. The molecule has 0 radical (unpaired) electrons. The van der Waals surface area contributed by atoms with Crippen molar-refractivity contribution in [2.24, 2.45) is 0 Å². The number of nitrogens with two attached hydrogens (primary N) is 1. The molecule has 1 aromatic rings. The molecule has 0 spiro atoms. The molecule has 0 amide bonds. The molecule has 0 aliphatic carbocycles. The fourth-order valence-electron chi connectivity index (χ4n) is 1.06. The highest BCUT2D eigenvalue weighted by molar-refractivity contribution is 5.75. The highest BCUT2D eigenvalue weighted by Crippen LogP contribution is 2.28. The minimum Gasteiger partial charge on any atom is -0.395 e. The lowest BCUT2D eigenvalue weighted by molar-refractivity contribution is -0.383. The molecule has 0 heterocycles. The van der Waals surface area contributed by atoms with Crippen LogP contribution in [0.25, 0.3) is 0 Å². The number of benzene rings is 1. The molecule has 4 N–H and O–H groups in total. The molecule has 0 aromatic heterocycles. The zero-order valence-electron chi connectivity index (χ0n) is 7.43. The van der Waals surface area contributed by atoms with E-state index >= 15 is 0 Å². The molecule has 1 rings (SSSR count).